The summed E-state index contributed by atoms with van der Waals surface area (Å²) in [7, 11) is -1.78. The molecule has 0 saturated heterocycles. The van der Waals surface area contributed by atoms with Crippen LogP contribution >= 0.6 is 0 Å². The molecule has 0 rings (SSSR count). The molecule has 0 heterocycles. The fraction of sp³-hybridized carbons (Fsp3) is 0.429. The molecule has 0 amide bonds. The van der Waals surface area contributed by atoms with Crippen LogP contribution in [-0.4, -0.2) is 19.6 Å². The molecule has 0 aliphatic carbocycles. The maximum atomic E-state index is 10.8. The zero-order chi connectivity index (χ0) is 8.15. The van der Waals surface area contributed by atoms with Crippen molar-refractivity contribution in [2.45, 2.75) is 19.9 Å². The first-order valence-electron chi connectivity index (χ1n) is 3.21. The number of carbonyl (C=O) groups excluding carboxylic acids is 2. The minimum absolute atomic E-state index is 0.0624. The molecule has 0 saturated carbocycles. The number of carbonyl (C=O) groups is 2. The van der Waals surface area contributed by atoms with E-state index in [1.165, 1.54) is 13.8 Å². The van der Waals surface area contributed by atoms with Crippen molar-refractivity contribution < 1.29 is 9.59 Å². The van der Waals surface area contributed by atoms with E-state index in [2.05, 4.69) is 6.58 Å². The van der Waals surface area contributed by atoms with Gasteiger partial charge in [-0.2, -0.15) is 0 Å². The van der Waals surface area contributed by atoms with Crippen LogP contribution in [0.2, 0.25) is 6.04 Å². The Balaban J connectivity index is 4.11. The Kier molecular flexibility index (Phi) is 3.87. The molecule has 0 aromatic heterocycles. The van der Waals surface area contributed by atoms with Gasteiger partial charge in [-0.3, -0.25) is 0 Å². The zero-order valence-corrected chi connectivity index (χ0v) is 7.54. The summed E-state index contributed by atoms with van der Waals surface area (Å²) >= 11 is 0. The van der Waals surface area contributed by atoms with Crippen LogP contribution in [0.15, 0.2) is 12.7 Å². The van der Waals surface area contributed by atoms with E-state index in [4.69, 9.17) is 0 Å². The summed E-state index contributed by atoms with van der Waals surface area (Å²) in [6.07, 6.45) is 1.65. The zero-order valence-electron chi connectivity index (χ0n) is 6.39. The van der Waals surface area contributed by atoms with Crippen LogP contribution in [-0.2, 0) is 9.59 Å². The quantitative estimate of drug-likeness (QED) is 0.442. The summed E-state index contributed by atoms with van der Waals surface area (Å²) < 4.78 is 0. The highest BCUT2D eigenvalue weighted by molar-refractivity contribution is 7.10. The van der Waals surface area contributed by atoms with Gasteiger partial charge in [0.1, 0.15) is 10.8 Å². The van der Waals surface area contributed by atoms with Crippen molar-refractivity contribution in [1.82, 2.24) is 0 Å². The molecule has 0 spiro atoms. The molecule has 0 aromatic rings. The Morgan fingerprint density at radius 3 is 1.90 bits per heavy atom. The monoisotopic (exact) mass is 156 g/mol. The van der Waals surface area contributed by atoms with Crippen LogP contribution in [0, 0.1) is 0 Å². The summed E-state index contributed by atoms with van der Waals surface area (Å²) in [5.74, 6) is 0. The lowest BCUT2D eigenvalue weighted by Gasteiger charge is -2.02. The highest BCUT2D eigenvalue weighted by atomic mass is 28.3. The Labute approximate surface area is 62.5 Å². The van der Waals surface area contributed by atoms with Crippen molar-refractivity contribution in [2.24, 2.45) is 0 Å². The van der Waals surface area contributed by atoms with Crippen LogP contribution in [0.1, 0.15) is 13.8 Å². The van der Waals surface area contributed by atoms with Gasteiger partial charge in [0, 0.05) is 0 Å². The normalized spacial score (nSPS) is 9.50. The van der Waals surface area contributed by atoms with E-state index in [-0.39, 0.29) is 10.8 Å². The van der Waals surface area contributed by atoms with E-state index in [1.807, 2.05) is 0 Å². The standard InChI is InChI=1S/C7H12O2Si/c1-4-5-10(6(2)8)7(3)9/h4,10H,1,5H2,2-3H3. The molecule has 0 N–H and O–H groups in total. The minimum Gasteiger partial charge on any atom is -0.306 e. The molecule has 0 aliphatic heterocycles. The number of hydrogen-bond acceptors (Lipinski definition) is 2. The predicted octanol–water partition coefficient (Wildman–Crippen LogP) is 0.656. The largest absolute Gasteiger partial charge is 0.306 e. The molecule has 0 aromatic carbocycles. The van der Waals surface area contributed by atoms with Gasteiger partial charge >= 0.3 is 0 Å². The summed E-state index contributed by atoms with van der Waals surface area (Å²) in [5, 5.41) is 0.125. The SMILES string of the molecule is C=CC[SiH](C(C)=O)C(C)=O. The van der Waals surface area contributed by atoms with Gasteiger partial charge in [0.2, 0.25) is 0 Å². The van der Waals surface area contributed by atoms with Crippen molar-refractivity contribution in [2.75, 3.05) is 0 Å². The summed E-state index contributed by atoms with van der Waals surface area (Å²) in [5.41, 5.74) is 0. The second-order valence-electron chi connectivity index (χ2n) is 2.30. The van der Waals surface area contributed by atoms with E-state index < -0.39 is 8.80 Å². The Bertz CT molecular complexity index is 149. The van der Waals surface area contributed by atoms with E-state index in [0.717, 1.165) is 0 Å². The Morgan fingerprint density at radius 1 is 1.40 bits per heavy atom. The molecular formula is C7H12O2Si. The van der Waals surface area contributed by atoms with Crippen molar-refractivity contribution >= 4 is 19.6 Å². The lowest BCUT2D eigenvalue weighted by molar-refractivity contribution is -0.113. The summed E-state index contributed by atoms with van der Waals surface area (Å²) in [6, 6.07) is 0.602. The van der Waals surface area contributed by atoms with Crippen molar-refractivity contribution in [1.29, 1.82) is 0 Å². The highest BCUT2D eigenvalue weighted by Crippen LogP contribution is 1.95. The first kappa shape index (κ1) is 9.30. The number of rotatable bonds is 4. The second-order valence-corrected chi connectivity index (χ2v) is 5.50. The average molecular weight is 156 g/mol. The molecule has 0 aliphatic rings. The Morgan fingerprint density at radius 2 is 1.80 bits per heavy atom. The molecule has 2 nitrogen and oxygen atoms in total. The molecule has 3 heteroatoms. The van der Waals surface area contributed by atoms with Gasteiger partial charge in [0.15, 0.2) is 8.80 Å². The molecule has 56 valence electrons. The van der Waals surface area contributed by atoms with Gasteiger partial charge in [-0.15, -0.1) is 6.58 Å². The van der Waals surface area contributed by atoms with Crippen LogP contribution in [0.25, 0.3) is 0 Å². The van der Waals surface area contributed by atoms with Crippen LogP contribution in [0.3, 0.4) is 0 Å². The Hall–Kier alpha value is -0.703. The molecule has 0 bridgehead atoms. The lowest BCUT2D eigenvalue weighted by atomic mass is 10.8. The third-order valence-corrected chi connectivity index (χ3v) is 4.15. The van der Waals surface area contributed by atoms with Crippen molar-refractivity contribution in [3.05, 3.63) is 12.7 Å². The van der Waals surface area contributed by atoms with E-state index >= 15 is 0 Å². The minimum atomic E-state index is -1.78. The third-order valence-electron chi connectivity index (χ3n) is 1.38. The highest BCUT2D eigenvalue weighted by Gasteiger charge is 2.19. The van der Waals surface area contributed by atoms with Crippen LogP contribution < -0.4 is 0 Å². The summed E-state index contributed by atoms with van der Waals surface area (Å²) in [4.78, 5) is 21.5. The predicted molar refractivity (Wildman–Crippen MR) is 43.5 cm³/mol. The van der Waals surface area contributed by atoms with Gasteiger partial charge < -0.3 is 9.59 Å². The first-order chi connectivity index (χ1) is 4.59. The van der Waals surface area contributed by atoms with Crippen LogP contribution in [0.4, 0.5) is 0 Å². The maximum absolute atomic E-state index is 10.8. The van der Waals surface area contributed by atoms with Gasteiger partial charge in [-0.05, 0) is 19.9 Å². The van der Waals surface area contributed by atoms with Gasteiger partial charge in [0.25, 0.3) is 0 Å². The fourth-order valence-electron chi connectivity index (χ4n) is 0.785. The van der Waals surface area contributed by atoms with Gasteiger partial charge in [-0.25, -0.2) is 0 Å². The fourth-order valence-corrected chi connectivity index (χ4v) is 2.35. The number of allylic oxidation sites excluding steroid dienone is 1. The molecule has 0 atom stereocenters. The second kappa shape index (κ2) is 4.17. The first-order valence-corrected chi connectivity index (χ1v) is 5.18. The molecule has 10 heavy (non-hydrogen) atoms. The van der Waals surface area contributed by atoms with Gasteiger partial charge in [0.05, 0.1) is 0 Å². The molecular weight excluding hydrogens is 144 g/mol. The van der Waals surface area contributed by atoms with Gasteiger partial charge in [-0.1, -0.05) is 6.08 Å². The third kappa shape index (κ3) is 2.73. The molecule has 0 unspecified atom stereocenters. The smallest absolute Gasteiger partial charge is 0.196 e. The van der Waals surface area contributed by atoms with Crippen molar-refractivity contribution in [3.8, 4) is 0 Å². The van der Waals surface area contributed by atoms with E-state index in [1.54, 1.807) is 6.08 Å². The van der Waals surface area contributed by atoms with Crippen LogP contribution in [0.5, 0.6) is 0 Å². The van der Waals surface area contributed by atoms with Crippen molar-refractivity contribution in [3.63, 3.8) is 0 Å². The summed E-state index contributed by atoms with van der Waals surface area (Å²) in [6.45, 7) is 6.47. The van der Waals surface area contributed by atoms with E-state index in [0.29, 0.717) is 6.04 Å². The maximum Gasteiger partial charge on any atom is 0.196 e. The van der Waals surface area contributed by atoms with E-state index in [9.17, 15) is 9.59 Å². The lowest BCUT2D eigenvalue weighted by Crippen LogP contribution is -2.30. The topological polar surface area (TPSA) is 34.1 Å². The molecule has 0 radical (unpaired) electrons. The molecule has 0 fully saturated rings. The number of hydrogen-bond donors (Lipinski definition) is 0. The average Bonchev–Trinajstić information content (AvgIpc) is 1.81.